The Kier molecular flexibility index (Phi) is 4.28. The Bertz CT molecular complexity index is 391. The van der Waals surface area contributed by atoms with Crippen LogP contribution in [0.4, 0.5) is 0 Å². The Morgan fingerprint density at radius 3 is 2.71 bits per heavy atom. The summed E-state index contributed by atoms with van der Waals surface area (Å²) in [6, 6.07) is 1.06. The second-order valence-electron chi connectivity index (χ2n) is 7.47. The van der Waals surface area contributed by atoms with Gasteiger partial charge in [0, 0.05) is 31.6 Å². The number of likely N-dealkylation sites (tertiary alicyclic amines) is 1. The lowest BCUT2D eigenvalue weighted by Crippen LogP contribution is -2.50. The lowest BCUT2D eigenvalue weighted by Gasteiger charge is -2.41. The van der Waals surface area contributed by atoms with Crippen LogP contribution >= 0.6 is 0 Å². The topological polar surface area (TPSA) is 35.6 Å². The van der Waals surface area contributed by atoms with Gasteiger partial charge in [-0.15, -0.1) is 0 Å². The first-order valence-electron chi connectivity index (χ1n) is 8.79. The van der Waals surface area contributed by atoms with Gasteiger partial charge in [-0.3, -0.25) is 4.79 Å². The van der Waals surface area contributed by atoms with Gasteiger partial charge in [0.15, 0.2) is 0 Å². The zero-order valence-electron chi connectivity index (χ0n) is 13.9. The number of amides is 1. The van der Waals surface area contributed by atoms with E-state index in [1.807, 2.05) is 0 Å². The van der Waals surface area contributed by atoms with E-state index in [4.69, 9.17) is 0 Å². The molecule has 1 spiro atoms. The van der Waals surface area contributed by atoms with E-state index in [0.717, 1.165) is 45.4 Å². The van der Waals surface area contributed by atoms with Crippen LogP contribution in [-0.2, 0) is 4.79 Å². The summed E-state index contributed by atoms with van der Waals surface area (Å²) < 4.78 is 0. The van der Waals surface area contributed by atoms with Crippen LogP contribution in [-0.4, -0.2) is 61.0 Å². The lowest BCUT2D eigenvalue weighted by molar-refractivity contribution is -0.135. The zero-order chi connectivity index (χ0) is 15.0. The van der Waals surface area contributed by atoms with E-state index in [1.54, 1.807) is 0 Å². The molecule has 3 rings (SSSR count). The van der Waals surface area contributed by atoms with Crippen molar-refractivity contribution in [2.45, 2.75) is 58.0 Å². The highest BCUT2D eigenvalue weighted by atomic mass is 16.2. The molecule has 1 amide bonds. The SMILES string of the molecule is CCN1CCC(N(C)C(=O)C2CC23CCNCC3)CC1C. The van der Waals surface area contributed by atoms with Crippen molar-refractivity contribution in [3.63, 3.8) is 0 Å². The van der Waals surface area contributed by atoms with Crippen molar-refractivity contribution in [3.05, 3.63) is 0 Å². The van der Waals surface area contributed by atoms with Gasteiger partial charge in [-0.2, -0.15) is 0 Å². The van der Waals surface area contributed by atoms with Gasteiger partial charge in [-0.25, -0.2) is 0 Å². The fraction of sp³-hybridized carbons (Fsp3) is 0.941. The third-order valence-corrected chi connectivity index (χ3v) is 6.37. The average Bonchev–Trinajstić information content (AvgIpc) is 3.19. The van der Waals surface area contributed by atoms with Gasteiger partial charge in [-0.1, -0.05) is 6.92 Å². The van der Waals surface area contributed by atoms with E-state index >= 15 is 0 Å². The van der Waals surface area contributed by atoms with Crippen molar-refractivity contribution in [2.75, 3.05) is 33.2 Å². The fourth-order valence-electron chi connectivity index (χ4n) is 4.62. The summed E-state index contributed by atoms with van der Waals surface area (Å²) in [6.07, 6.45) is 5.81. The van der Waals surface area contributed by atoms with Crippen LogP contribution in [0.1, 0.15) is 46.0 Å². The molecule has 0 aromatic heterocycles. The second-order valence-corrected chi connectivity index (χ2v) is 7.47. The van der Waals surface area contributed by atoms with E-state index in [-0.39, 0.29) is 0 Å². The molecular formula is C17H31N3O. The van der Waals surface area contributed by atoms with Crippen molar-refractivity contribution in [3.8, 4) is 0 Å². The first-order valence-corrected chi connectivity index (χ1v) is 8.79. The quantitative estimate of drug-likeness (QED) is 0.860. The van der Waals surface area contributed by atoms with Gasteiger partial charge in [0.25, 0.3) is 0 Å². The number of carbonyl (C=O) groups is 1. The van der Waals surface area contributed by atoms with Crippen molar-refractivity contribution < 1.29 is 4.79 Å². The molecule has 120 valence electrons. The molecule has 0 radical (unpaired) electrons. The number of rotatable bonds is 3. The minimum Gasteiger partial charge on any atom is -0.342 e. The zero-order valence-corrected chi connectivity index (χ0v) is 13.9. The molecule has 3 unspecified atom stereocenters. The van der Waals surface area contributed by atoms with Crippen molar-refractivity contribution in [2.24, 2.45) is 11.3 Å². The highest BCUT2D eigenvalue weighted by molar-refractivity contribution is 5.82. The molecule has 3 fully saturated rings. The Morgan fingerprint density at radius 1 is 1.38 bits per heavy atom. The molecular weight excluding hydrogens is 262 g/mol. The largest absolute Gasteiger partial charge is 0.342 e. The van der Waals surface area contributed by atoms with Gasteiger partial charge < -0.3 is 15.1 Å². The third kappa shape index (κ3) is 2.85. The van der Waals surface area contributed by atoms with Crippen molar-refractivity contribution in [1.29, 1.82) is 0 Å². The normalized spacial score (nSPS) is 35.7. The third-order valence-electron chi connectivity index (χ3n) is 6.37. The second kappa shape index (κ2) is 5.88. The standard InChI is InChI=1S/C17H31N3O/c1-4-20-10-5-14(11-13(20)2)19(3)16(21)15-12-17(15)6-8-18-9-7-17/h13-15,18H,4-12H2,1-3H3. The molecule has 2 saturated heterocycles. The molecule has 4 heteroatoms. The minimum absolute atomic E-state index is 0.323. The number of hydrogen-bond donors (Lipinski definition) is 1. The predicted molar refractivity (Wildman–Crippen MR) is 85.1 cm³/mol. The number of hydrogen-bond acceptors (Lipinski definition) is 3. The highest BCUT2D eigenvalue weighted by Gasteiger charge is 2.58. The summed E-state index contributed by atoms with van der Waals surface area (Å²) in [5, 5.41) is 3.42. The van der Waals surface area contributed by atoms with Gasteiger partial charge in [0.2, 0.25) is 5.91 Å². The summed E-state index contributed by atoms with van der Waals surface area (Å²) in [5.74, 6) is 0.753. The molecule has 1 aliphatic carbocycles. The molecule has 1 saturated carbocycles. The maximum absolute atomic E-state index is 12.8. The summed E-state index contributed by atoms with van der Waals surface area (Å²) in [6.45, 7) is 9.00. The summed E-state index contributed by atoms with van der Waals surface area (Å²) in [7, 11) is 2.05. The Hall–Kier alpha value is -0.610. The molecule has 2 aliphatic heterocycles. The van der Waals surface area contributed by atoms with Crippen LogP contribution in [0.5, 0.6) is 0 Å². The summed E-state index contributed by atoms with van der Waals surface area (Å²) >= 11 is 0. The predicted octanol–water partition coefficient (Wildman–Crippen LogP) is 1.71. The average molecular weight is 293 g/mol. The van der Waals surface area contributed by atoms with E-state index < -0.39 is 0 Å². The van der Waals surface area contributed by atoms with E-state index in [0.29, 0.717) is 29.3 Å². The van der Waals surface area contributed by atoms with Crippen LogP contribution in [0.3, 0.4) is 0 Å². The van der Waals surface area contributed by atoms with Gasteiger partial charge in [-0.05, 0) is 64.1 Å². The Balaban J connectivity index is 1.56. The number of nitrogens with zero attached hydrogens (tertiary/aromatic N) is 2. The van der Waals surface area contributed by atoms with Gasteiger partial charge >= 0.3 is 0 Å². The molecule has 4 nitrogen and oxygen atoms in total. The molecule has 0 bridgehead atoms. The molecule has 2 heterocycles. The summed E-state index contributed by atoms with van der Waals surface area (Å²) in [4.78, 5) is 17.5. The molecule has 0 aromatic carbocycles. The van der Waals surface area contributed by atoms with Crippen molar-refractivity contribution in [1.82, 2.24) is 15.1 Å². The molecule has 1 N–H and O–H groups in total. The molecule has 3 atom stereocenters. The molecule has 21 heavy (non-hydrogen) atoms. The lowest BCUT2D eigenvalue weighted by atomic mass is 9.91. The maximum atomic E-state index is 12.8. The molecule has 3 aliphatic rings. The number of carbonyl (C=O) groups excluding carboxylic acids is 1. The van der Waals surface area contributed by atoms with Crippen LogP contribution in [0.25, 0.3) is 0 Å². The minimum atomic E-state index is 0.323. The smallest absolute Gasteiger partial charge is 0.226 e. The van der Waals surface area contributed by atoms with Crippen LogP contribution < -0.4 is 5.32 Å². The van der Waals surface area contributed by atoms with E-state index in [2.05, 4.69) is 36.0 Å². The first kappa shape index (κ1) is 15.3. The van der Waals surface area contributed by atoms with E-state index in [9.17, 15) is 4.79 Å². The highest BCUT2D eigenvalue weighted by Crippen LogP contribution is 2.59. The Labute approximate surface area is 129 Å². The maximum Gasteiger partial charge on any atom is 0.226 e. The van der Waals surface area contributed by atoms with Gasteiger partial charge in [0.05, 0.1) is 0 Å². The monoisotopic (exact) mass is 293 g/mol. The Morgan fingerprint density at radius 2 is 2.10 bits per heavy atom. The summed E-state index contributed by atoms with van der Waals surface area (Å²) in [5.41, 5.74) is 0.367. The van der Waals surface area contributed by atoms with Crippen LogP contribution in [0.15, 0.2) is 0 Å². The van der Waals surface area contributed by atoms with Gasteiger partial charge in [0.1, 0.15) is 0 Å². The van der Waals surface area contributed by atoms with Crippen LogP contribution in [0, 0.1) is 11.3 Å². The van der Waals surface area contributed by atoms with Crippen LogP contribution in [0.2, 0.25) is 0 Å². The van der Waals surface area contributed by atoms with E-state index in [1.165, 1.54) is 12.8 Å². The first-order chi connectivity index (χ1) is 10.1. The fourth-order valence-corrected chi connectivity index (χ4v) is 4.62. The number of nitrogens with one attached hydrogen (secondary N) is 1. The van der Waals surface area contributed by atoms with Crippen molar-refractivity contribution >= 4 is 5.91 Å². The molecule has 0 aromatic rings. The number of piperidine rings is 2.